The van der Waals surface area contributed by atoms with Crippen LogP contribution in [0, 0.1) is 11.6 Å². The Kier molecular flexibility index (Phi) is 4.89. The van der Waals surface area contributed by atoms with E-state index in [2.05, 4.69) is 0 Å². The third-order valence-corrected chi connectivity index (χ3v) is 5.75. The molecule has 0 aromatic heterocycles. The zero-order valence-corrected chi connectivity index (χ0v) is 12.8. The first-order valence-electron chi connectivity index (χ1n) is 6.16. The minimum Gasteiger partial charge on any atom is -0.391 e. The molecular formula is C13H19F2NO3S. The Morgan fingerprint density at radius 1 is 1.30 bits per heavy atom. The summed E-state index contributed by atoms with van der Waals surface area (Å²) in [6, 6.07) is 1.72. The second-order valence-electron chi connectivity index (χ2n) is 5.13. The Hall–Kier alpha value is -1.05. The molecule has 0 heterocycles. The van der Waals surface area contributed by atoms with Gasteiger partial charge in [-0.1, -0.05) is 6.92 Å². The second kappa shape index (κ2) is 5.75. The predicted octanol–water partition coefficient (Wildman–Crippen LogP) is 2.27. The van der Waals surface area contributed by atoms with Crippen molar-refractivity contribution in [1.82, 2.24) is 4.31 Å². The van der Waals surface area contributed by atoms with Crippen molar-refractivity contribution < 1.29 is 22.3 Å². The van der Waals surface area contributed by atoms with Crippen molar-refractivity contribution in [2.24, 2.45) is 0 Å². The van der Waals surface area contributed by atoms with E-state index in [0.717, 1.165) is 16.4 Å². The highest BCUT2D eigenvalue weighted by molar-refractivity contribution is 7.89. The molecule has 20 heavy (non-hydrogen) atoms. The summed E-state index contributed by atoms with van der Waals surface area (Å²) >= 11 is 0. The molecule has 0 unspecified atom stereocenters. The number of benzene rings is 1. The van der Waals surface area contributed by atoms with Crippen LogP contribution in [-0.2, 0) is 16.6 Å². The van der Waals surface area contributed by atoms with E-state index >= 15 is 0 Å². The third-order valence-electron chi connectivity index (χ3n) is 3.66. The van der Waals surface area contributed by atoms with Crippen LogP contribution < -0.4 is 0 Å². The lowest BCUT2D eigenvalue weighted by Gasteiger charge is -2.33. The van der Waals surface area contributed by atoms with Gasteiger partial charge in [0.2, 0.25) is 10.0 Å². The molecule has 0 amide bonds. The fourth-order valence-electron chi connectivity index (χ4n) is 1.62. The van der Waals surface area contributed by atoms with E-state index in [0.29, 0.717) is 6.42 Å². The van der Waals surface area contributed by atoms with Crippen LogP contribution in [0.3, 0.4) is 0 Å². The predicted molar refractivity (Wildman–Crippen MR) is 71.6 cm³/mol. The average Bonchev–Trinajstić information content (AvgIpc) is 2.38. The number of hydrogen-bond donors (Lipinski definition) is 1. The molecule has 0 atom stereocenters. The van der Waals surface area contributed by atoms with E-state index in [-0.39, 0.29) is 0 Å². The number of aliphatic hydroxyl groups is 1. The molecule has 1 rings (SSSR count). The van der Waals surface area contributed by atoms with Crippen LogP contribution in [0.1, 0.15) is 32.8 Å². The van der Waals surface area contributed by atoms with Gasteiger partial charge in [0.25, 0.3) is 0 Å². The van der Waals surface area contributed by atoms with E-state index in [1.807, 2.05) is 6.92 Å². The minimum absolute atomic E-state index is 0.526. The van der Waals surface area contributed by atoms with Crippen LogP contribution in [0.15, 0.2) is 17.0 Å². The Morgan fingerprint density at radius 2 is 1.85 bits per heavy atom. The van der Waals surface area contributed by atoms with Gasteiger partial charge in [0.15, 0.2) is 5.82 Å². The molecule has 4 nitrogen and oxygen atoms in total. The standard InChI is InChI=1S/C13H19F2NO3S/c1-5-13(2,3)16(4)20(18,19)11-7-6-10(14)9(8-17)12(11)15/h6-7,17H,5,8H2,1-4H3. The van der Waals surface area contributed by atoms with Gasteiger partial charge in [-0.2, -0.15) is 4.31 Å². The lowest BCUT2D eigenvalue weighted by Crippen LogP contribution is -2.44. The topological polar surface area (TPSA) is 57.6 Å². The molecule has 0 saturated carbocycles. The molecule has 0 fully saturated rings. The van der Waals surface area contributed by atoms with Crippen LogP contribution >= 0.6 is 0 Å². The van der Waals surface area contributed by atoms with Crippen LogP contribution in [0.5, 0.6) is 0 Å². The van der Waals surface area contributed by atoms with Gasteiger partial charge in [-0.3, -0.25) is 0 Å². The summed E-state index contributed by atoms with van der Waals surface area (Å²) in [6.45, 7) is 4.33. The fraction of sp³-hybridized carbons (Fsp3) is 0.538. The molecular weight excluding hydrogens is 288 g/mol. The number of halogens is 2. The molecule has 0 spiro atoms. The van der Waals surface area contributed by atoms with Gasteiger partial charge in [0.05, 0.1) is 12.2 Å². The molecule has 0 aliphatic rings. The molecule has 7 heteroatoms. The number of hydrogen-bond acceptors (Lipinski definition) is 3. The summed E-state index contributed by atoms with van der Waals surface area (Å²) in [5, 5.41) is 8.95. The van der Waals surface area contributed by atoms with E-state index in [4.69, 9.17) is 5.11 Å². The van der Waals surface area contributed by atoms with E-state index in [9.17, 15) is 17.2 Å². The molecule has 0 bridgehead atoms. The lowest BCUT2D eigenvalue weighted by molar-refractivity contribution is 0.254. The number of sulfonamides is 1. The smallest absolute Gasteiger partial charge is 0.246 e. The molecule has 0 aliphatic heterocycles. The summed E-state index contributed by atoms with van der Waals surface area (Å²) in [7, 11) is -2.76. The zero-order valence-electron chi connectivity index (χ0n) is 11.9. The first-order valence-corrected chi connectivity index (χ1v) is 7.60. The van der Waals surface area contributed by atoms with Crippen LogP contribution in [0.2, 0.25) is 0 Å². The Bertz CT molecular complexity index is 600. The summed E-state index contributed by atoms with van der Waals surface area (Å²) in [4.78, 5) is -0.632. The second-order valence-corrected chi connectivity index (χ2v) is 7.07. The van der Waals surface area contributed by atoms with E-state index < -0.39 is 44.3 Å². The summed E-state index contributed by atoms with van der Waals surface area (Å²) < 4.78 is 53.3. The van der Waals surface area contributed by atoms with Crippen LogP contribution in [0.25, 0.3) is 0 Å². The maximum atomic E-state index is 14.1. The summed E-state index contributed by atoms with van der Waals surface area (Å²) in [5.41, 5.74) is -1.35. The molecule has 0 aliphatic carbocycles. The Balaban J connectivity index is 3.45. The summed E-state index contributed by atoms with van der Waals surface area (Å²) in [6.07, 6.45) is 0.526. The van der Waals surface area contributed by atoms with Crippen molar-refractivity contribution in [3.8, 4) is 0 Å². The first-order chi connectivity index (χ1) is 9.09. The van der Waals surface area contributed by atoms with Gasteiger partial charge in [-0.25, -0.2) is 17.2 Å². The van der Waals surface area contributed by atoms with E-state index in [1.165, 1.54) is 7.05 Å². The molecule has 0 saturated heterocycles. The average molecular weight is 307 g/mol. The summed E-state index contributed by atoms with van der Waals surface area (Å²) in [5.74, 6) is -2.22. The van der Waals surface area contributed by atoms with Crippen molar-refractivity contribution in [3.63, 3.8) is 0 Å². The molecule has 0 radical (unpaired) electrons. The van der Waals surface area contributed by atoms with Gasteiger partial charge < -0.3 is 5.11 Å². The minimum atomic E-state index is -4.11. The van der Waals surface area contributed by atoms with Gasteiger partial charge in [-0.05, 0) is 32.4 Å². The highest BCUT2D eigenvalue weighted by Gasteiger charge is 2.35. The molecule has 1 N–H and O–H groups in total. The maximum Gasteiger partial charge on any atom is 0.246 e. The monoisotopic (exact) mass is 307 g/mol. The van der Waals surface area contributed by atoms with Gasteiger partial charge >= 0.3 is 0 Å². The van der Waals surface area contributed by atoms with Crippen LogP contribution in [-0.4, -0.2) is 30.4 Å². The number of aliphatic hydroxyl groups excluding tert-OH is 1. The van der Waals surface area contributed by atoms with Gasteiger partial charge in [0.1, 0.15) is 10.7 Å². The van der Waals surface area contributed by atoms with Gasteiger partial charge in [-0.15, -0.1) is 0 Å². The van der Waals surface area contributed by atoms with Crippen molar-refractivity contribution in [2.45, 2.75) is 44.2 Å². The van der Waals surface area contributed by atoms with Crippen molar-refractivity contribution in [1.29, 1.82) is 0 Å². The lowest BCUT2D eigenvalue weighted by atomic mass is 10.0. The first kappa shape index (κ1) is 17.0. The Labute approximate surface area is 118 Å². The van der Waals surface area contributed by atoms with Crippen molar-refractivity contribution >= 4 is 10.0 Å². The molecule has 1 aromatic carbocycles. The molecule has 114 valence electrons. The van der Waals surface area contributed by atoms with Crippen molar-refractivity contribution in [2.75, 3.05) is 7.05 Å². The largest absolute Gasteiger partial charge is 0.391 e. The van der Waals surface area contributed by atoms with Gasteiger partial charge in [0, 0.05) is 12.6 Å². The fourth-order valence-corrected chi connectivity index (χ4v) is 3.28. The molecule has 1 aromatic rings. The highest BCUT2D eigenvalue weighted by Crippen LogP contribution is 2.28. The Morgan fingerprint density at radius 3 is 2.30 bits per heavy atom. The SMILES string of the molecule is CCC(C)(C)N(C)S(=O)(=O)c1ccc(F)c(CO)c1F. The quantitative estimate of drug-likeness (QED) is 0.908. The number of nitrogens with zero attached hydrogens (tertiary/aromatic N) is 1. The highest BCUT2D eigenvalue weighted by atomic mass is 32.2. The third kappa shape index (κ3) is 2.84. The van der Waals surface area contributed by atoms with Crippen molar-refractivity contribution in [3.05, 3.63) is 29.3 Å². The van der Waals surface area contributed by atoms with E-state index in [1.54, 1.807) is 13.8 Å². The van der Waals surface area contributed by atoms with Crippen LogP contribution in [0.4, 0.5) is 8.78 Å². The number of rotatable bonds is 5. The maximum absolute atomic E-state index is 14.1. The normalized spacial score (nSPS) is 13.0. The zero-order chi connectivity index (χ0) is 15.7.